The number of nitrogens with zero attached hydrogens (tertiary/aromatic N) is 1. The van der Waals surface area contributed by atoms with E-state index in [1.165, 1.54) is 4.90 Å². The molecule has 2 amide bonds. The van der Waals surface area contributed by atoms with Crippen molar-refractivity contribution in [2.75, 3.05) is 13.6 Å². The number of aliphatic hydroxyl groups is 1. The van der Waals surface area contributed by atoms with E-state index in [1.54, 1.807) is 14.0 Å². The van der Waals surface area contributed by atoms with Gasteiger partial charge in [0.1, 0.15) is 6.04 Å². The molecule has 0 aromatic rings. The molecule has 0 heterocycles. The largest absolute Gasteiger partial charge is 0.480 e. The zero-order valence-electron chi connectivity index (χ0n) is 12.3. The molecular weight excluding hydrogens is 260 g/mol. The Morgan fingerprint density at radius 2 is 1.90 bits per heavy atom. The van der Waals surface area contributed by atoms with Gasteiger partial charge in [0, 0.05) is 13.6 Å². The van der Waals surface area contributed by atoms with Crippen molar-refractivity contribution >= 4 is 12.0 Å². The first kappa shape index (κ1) is 16.8. The van der Waals surface area contributed by atoms with E-state index >= 15 is 0 Å². The molecule has 1 rings (SSSR count). The van der Waals surface area contributed by atoms with Crippen molar-refractivity contribution < 1.29 is 19.8 Å². The summed E-state index contributed by atoms with van der Waals surface area (Å²) in [6, 6.07) is -1.19. The lowest BCUT2D eigenvalue weighted by Gasteiger charge is -2.29. The normalized spacial score (nSPS) is 19.1. The molecule has 1 fully saturated rings. The molecule has 6 heteroatoms. The molecule has 1 aliphatic rings. The van der Waals surface area contributed by atoms with Crippen molar-refractivity contribution in [3.8, 4) is 0 Å². The number of hydrogen-bond donors (Lipinski definition) is 3. The summed E-state index contributed by atoms with van der Waals surface area (Å²) in [5.41, 5.74) is 0. The van der Waals surface area contributed by atoms with Crippen LogP contribution in [0.25, 0.3) is 0 Å². The number of nitrogens with one attached hydrogen (secondary N) is 1. The van der Waals surface area contributed by atoms with Gasteiger partial charge in [0.15, 0.2) is 0 Å². The van der Waals surface area contributed by atoms with E-state index in [0.29, 0.717) is 13.0 Å². The molecule has 0 aromatic carbocycles. The van der Waals surface area contributed by atoms with Crippen LogP contribution in [0.5, 0.6) is 0 Å². The second kappa shape index (κ2) is 8.09. The third-order valence-electron chi connectivity index (χ3n) is 3.90. The van der Waals surface area contributed by atoms with Crippen LogP contribution in [0.2, 0.25) is 0 Å². The second-order valence-corrected chi connectivity index (χ2v) is 5.72. The molecule has 0 radical (unpaired) electrons. The Labute approximate surface area is 120 Å². The van der Waals surface area contributed by atoms with Crippen molar-refractivity contribution in [3.05, 3.63) is 0 Å². The van der Waals surface area contributed by atoms with Crippen LogP contribution in [0, 0.1) is 5.92 Å². The summed E-state index contributed by atoms with van der Waals surface area (Å²) in [6.07, 6.45) is 4.92. The molecule has 0 saturated heterocycles. The average Bonchev–Trinajstić information content (AvgIpc) is 2.42. The highest BCUT2D eigenvalue weighted by Crippen LogP contribution is 2.26. The summed E-state index contributed by atoms with van der Waals surface area (Å²) < 4.78 is 0. The van der Waals surface area contributed by atoms with Crippen LogP contribution < -0.4 is 5.32 Å². The number of urea groups is 1. The Morgan fingerprint density at radius 1 is 1.30 bits per heavy atom. The minimum atomic E-state index is -0.964. The van der Waals surface area contributed by atoms with Crippen LogP contribution in [0.4, 0.5) is 4.79 Å². The third kappa shape index (κ3) is 5.36. The van der Waals surface area contributed by atoms with Gasteiger partial charge in [-0.3, -0.25) is 0 Å². The van der Waals surface area contributed by atoms with Gasteiger partial charge in [-0.05, 0) is 32.1 Å². The van der Waals surface area contributed by atoms with E-state index < -0.39 is 18.1 Å². The van der Waals surface area contributed by atoms with Gasteiger partial charge >= 0.3 is 12.0 Å². The van der Waals surface area contributed by atoms with Gasteiger partial charge < -0.3 is 20.4 Å². The van der Waals surface area contributed by atoms with Crippen LogP contribution in [0.15, 0.2) is 0 Å². The number of aliphatic hydroxyl groups excluding tert-OH is 1. The Hall–Kier alpha value is -1.30. The predicted molar refractivity (Wildman–Crippen MR) is 75.5 cm³/mol. The van der Waals surface area contributed by atoms with Crippen LogP contribution in [-0.2, 0) is 4.79 Å². The van der Waals surface area contributed by atoms with Crippen LogP contribution in [0.1, 0.15) is 45.4 Å². The maximum absolute atomic E-state index is 12.0. The highest BCUT2D eigenvalue weighted by atomic mass is 16.4. The molecule has 3 N–H and O–H groups in total. The van der Waals surface area contributed by atoms with Crippen LogP contribution >= 0.6 is 0 Å². The zero-order chi connectivity index (χ0) is 15.1. The quantitative estimate of drug-likeness (QED) is 0.689. The van der Waals surface area contributed by atoms with Gasteiger partial charge in [-0.1, -0.05) is 19.3 Å². The van der Waals surface area contributed by atoms with Gasteiger partial charge in [-0.2, -0.15) is 0 Å². The SMILES string of the molecule is CC(O)CCN(C)C(=O)NC(C(=O)O)C1CCCCC1. The smallest absolute Gasteiger partial charge is 0.326 e. The highest BCUT2D eigenvalue weighted by molar-refractivity contribution is 5.82. The Kier molecular flexibility index (Phi) is 6.78. The van der Waals surface area contributed by atoms with Crippen LogP contribution in [-0.4, -0.2) is 52.9 Å². The number of carboxylic acids is 1. The maximum Gasteiger partial charge on any atom is 0.326 e. The van der Waals surface area contributed by atoms with E-state index in [0.717, 1.165) is 32.1 Å². The lowest BCUT2D eigenvalue weighted by molar-refractivity contribution is -0.141. The molecular formula is C14H26N2O4. The van der Waals surface area contributed by atoms with Gasteiger partial charge in [-0.15, -0.1) is 0 Å². The molecule has 0 aromatic heterocycles. The van der Waals surface area contributed by atoms with E-state index in [-0.39, 0.29) is 11.9 Å². The Morgan fingerprint density at radius 3 is 2.40 bits per heavy atom. The minimum Gasteiger partial charge on any atom is -0.480 e. The molecule has 116 valence electrons. The standard InChI is InChI=1S/C14H26N2O4/c1-10(17)8-9-16(2)14(20)15-12(13(18)19)11-6-4-3-5-7-11/h10-12,17H,3-9H2,1-2H3,(H,15,20)(H,18,19). The first-order valence-electron chi connectivity index (χ1n) is 7.34. The van der Waals surface area contributed by atoms with Crippen molar-refractivity contribution in [2.24, 2.45) is 5.92 Å². The number of aliphatic carboxylic acids is 1. The van der Waals surface area contributed by atoms with Crippen molar-refractivity contribution in [2.45, 2.75) is 57.6 Å². The fourth-order valence-electron chi connectivity index (χ4n) is 2.57. The Bertz CT molecular complexity index is 327. The molecule has 0 spiro atoms. The van der Waals surface area contributed by atoms with Gasteiger partial charge in [-0.25, -0.2) is 9.59 Å². The van der Waals surface area contributed by atoms with Crippen LogP contribution in [0.3, 0.4) is 0 Å². The topological polar surface area (TPSA) is 89.9 Å². The first-order valence-corrected chi connectivity index (χ1v) is 7.34. The number of carboxylic acid groups (broad SMARTS) is 1. The van der Waals surface area contributed by atoms with Gasteiger partial charge in [0.25, 0.3) is 0 Å². The lowest BCUT2D eigenvalue weighted by atomic mass is 9.84. The fourth-order valence-corrected chi connectivity index (χ4v) is 2.57. The number of rotatable bonds is 6. The van der Waals surface area contributed by atoms with Gasteiger partial charge in [0.2, 0.25) is 0 Å². The van der Waals surface area contributed by atoms with E-state index in [9.17, 15) is 19.8 Å². The fraction of sp³-hybridized carbons (Fsp3) is 0.857. The van der Waals surface area contributed by atoms with Gasteiger partial charge in [0.05, 0.1) is 6.10 Å². The molecule has 6 nitrogen and oxygen atoms in total. The van der Waals surface area contributed by atoms with Crippen molar-refractivity contribution in [3.63, 3.8) is 0 Å². The second-order valence-electron chi connectivity index (χ2n) is 5.72. The number of amides is 2. The third-order valence-corrected chi connectivity index (χ3v) is 3.90. The highest BCUT2D eigenvalue weighted by Gasteiger charge is 2.31. The first-order chi connectivity index (χ1) is 9.41. The maximum atomic E-state index is 12.0. The summed E-state index contributed by atoms with van der Waals surface area (Å²) in [5, 5.41) is 21.1. The Balaban J connectivity index is 2.51. The number of hydrogen-bond acceptors (Lipinski definition) is 3. The number of carbonyl (C=O) groups is 2. The lowest BCUT2D eigenvalue weighted by Crippen LogP contribution is -2.50. The molecule has 20 heavy (non-hydrogen) atoms. The van der Waals surface area contributed by atoms with E-state index in [1.807, 2.05) is 0 Å². The molecule has 2 unspecified atom stereocenters. The molecule has 1 aliphatic carbocycles. The number of carbonyl (C=O) groups excluding carboxylic acids is 1. The average molecular weight is 286 g/mol. The van der Waals surface area contributed by atoms with Crippen molar-refractivity contribution in [1.82, 2.24) is 10.2 Å². The minimum absolute atomic E-state index is 0.0235. The molecule has 2 atom stereocenters. The predicted octanol–water partition coefficient (Wildman–Crippen LogP) is 1.43. The summed E-state index contributed by atoms with van der Waals surface area (Å²) in [5.74, 6) is -0.940. The zero-order valence-corrected chi connectivity index (χ0v) is 12.3. The monoisotopic (exact) mass is 286 g/mol. The van der Waals surface area contributed by atoms with E-state index in [4.69, 9.17) is 0 Å². The molecule has 0 aliphatic heterocycles. The summed E-state index contributed by atoms with van der Waals surface area (Å²) in [4.78, 5) is 24.8. The summed E-state index contributed by atoms with van der Waals surface area (Å²) in [7, 11) is 1.61. The summed E-state index contributed by atoms with van der Waals surface area (Å²) >= 11 is 0. The molecule has 1 saturated carbocycles. The van der Waals surface area contributed by atoms with E-state index in [2.05, 4.69) is 5.32 Å². The summed E-state index contributed by atoms with van der Waals surface area (Å²) in [6.45, 7) is 2.06. The molecule has 0 bridgehead atoms. The van der Waals surface area contributed by atoms with Crippen molar-refractivity contribution in [1.29, 1.82) is 0 Å².